The molecule has 1 N–H and O–H groups in total. The number of ether oxygens (including phenoxy) is 1. The molecule has 3 rings (SSSR count). The Morgan fingerprint density at radius 3 is 2.67 bits per heavy atom. The van der Waals surface area contributed by atoms with Crippen molar-refractivity contribution in [3.8, 4) is 5.75 Å². The first-order chi connectivity index (χ1) is 10.1. The maximum absolute atomic E-state index is 5.46. The van der Waals surface area contributed by atoms with Crippen LogP contribution in [0.25, 0.3) is 0 Å². The van der Waals surface area contributed by atoms with Crippen molar-refractivity contribution in [3.05, 3.63) is 23.8 Å². The lowest BCUT2D eigenvalue weighted by Gasteiger charge is -2.40. The number of fused-ring (bicyclic) bond motifs is 1. The summed E-state index contributed by atoms with van der Waals surface area (Å²) in [5, 5.41) is 3.70. The van der Waals surface area contributed by atoms with E-state index in [-0.39, 0.29) is 5.54 Å². The SMILES string of the molecule is COc1ccc2c(c1)N(C1CCCCC1)CC(C)(C)NC2. The van der Waals surface area contributed by atoms with E-state index in [9.17, 15) is 0 Å². The zero-order chi connectivity index (χ0) is 14.9. The molecule has 116 valence electrons. The summed E-state index contributed by atoms with van der Waals surface area (Å²) in [6.45, 7) is 6.63. The van der Waals surface area contributed by atoms with E-state index in [1.54, 1.807) is 7.11 Å². The molecule has 1 saturated carbocycles. The van der Waals surface area contributed by atoms with Crippen LogP contribution in [0.3, 0.4) is 0 Å². The number of nitrogens with zero attached hydrogens (tertiary/aromatic N) is 1. The molecular weight excluding hydrogens is 260 g/mol. The number of rotatable bonds is 2. The Balaban J connectivity index is 1.97. The van der Waals surface area contributed by atoms with E-state index < -0.39 is 0 Å². The van der Waals surface area contributed by atoms with Gasteiger partial charge in [0.25, 0.3) is 0 Å². The van der Waals surface area contributed by atoms with E-state index in [2.05, 4.69) is 42.3 Å². The van der Waals surface area contributed by atoms with Gasteiger partial charge < -0.3 is 15.0 Å². The number of nitrogens with one attached hydrogen (secondary N) is 1. The summed E-state index contributed by atoms with van der Waals surface area (Å²) < 4.78 is 5.46. The van der Waals surface area contributed by atoms with E-state index in [0.717, 1.165) is 18.8 Å². The van der Waals surface area contributed by atoms with Crippen molar-refractivity contribution in [1.82, 2.24) is 5.32 Å². The molecule has 0 atom stereocenters. The van der Waals surface area contributed by atoms with Crippen molar-refractivity contribution < 1.29 is 4.74 Å². The Bertz CT molecular complexity index is 492. The van der Waals surface area contributed by atoms with Gasteiger partial charge in [0.15, 0.2) is 0 Å². The van der Waals surface area contributed by atoms with Crippen LogP contribution in [0.2, 0.25) is 0 Å². The van der Waals surface area contributed by atoms with Crippen LogP contribution in [0, 0.1) is 0 Å². The predicted octanol–water partition coefficient (Wildman–Crippen LogP) is 3.72. The topological polar surface area (TPSA) is 24.5 Å². The third-order valence-electron chi connectivity index (χ3n) is 4.94. The van der Waals surface area contributed by atoms with Gasteiger partial charge in [-0.2, -0.15) is 0 Å². The average Bonchev–Trinajstić information content (AvgIpc) is 2.64. The number of hydrogen-bond acceptors (Lipinski definition) is 3. The van der Waals surface area contributed by atoms with Gasteiger partial charge in [-0.1, -0.05) is 25.3 Å². The summed E-state index contributed by atoms with van der Waals surface area (Å²) >= 11 is 0. The Morgan fingerprint density at radius 2 is 1.95 bits per heavy atom. The molecule has 0 bridgehead atoms. The normalized spacial score (nSPS) is 22.5. The number of anilines is 1. The van der Waals surface area contributed by atoms with Crippen molar-refractivity contribution in [2.24, 2.45) is 0 Å². The molecule has 3 nitrogen and oxygen atoms in total. The molecule has 21 heavy (non-hydrogen) atoms. The van der Waals surface area contributed by atoms with Crippen LogP contribution in [0.15, 0.2) is 18.2 Å². The Hall–Kier alpha value is -1.22. The van der Waals surface area contributed by atoms with Crippen molar-refractivity contribution >= 4 is 5.69 Å². The van der Waals surface area contributed by atoms with E-state index in [1.807, 2.05) is 0 Å². The molecule has 1 fully saturated rings. The van der Waals surface area contributed by atoms with E-state index in [4.69, 9.17) is 4.74 Å². The monoisotopic (exact) mass is 288 g/mol. The van der Waals surface area contributed by atoms with Crippen molar-refractivity contribution in [3.63, 3.8) is 0 Å². The van der Waals surface area contributed by atoms with Gasteiger partial charge in [0.1, 0.15) is 5.75 Å². The fraction of sp³-hybridized carbons (Fsp3) is 0.667. The quantitative estimate of drug-likeness (QED) is 0.897. The van der Waals surface area contributed by atoms with Crippen LogP contribution in [0.4, 0.5) is 5.69 Å². The first kappa shape index (κ1) is 14.7. The second-order valence-corrected chi connectivity index (χ2v) is 7.15. The van der Waals surface area contributed by atoms with Gasteiger partial charge in [0.2, 0.25) is 0 Å². The minimum Gasteiger partial charge on any atom is -0.497 e. The molecular formula is C18H28N2O. The summed E-state index contributed by atoms with van der Waals surface area (Å²) in [5.41, 5.74) is 2.91. The molecule has 0 saturated heterocycles. The summed E-state index contributed by atoms with van der Waals surface area (Å²) in [7, 11) is 1.76. The van der Waals surface area contributed by atoms with Gasteiger partial charge in [-0.3, -0.25) is 0 Å². The summed E-state index contributed by atoms with van der Waals surface area (Å²) in [4.78, 5) is 2.65. The van der Waals surface area contributed by atoms with Crippen LogP contribution in [0.5, 0.6) is 5.75 Å². The second kappa shape index (κ2) is 5.88. The minimum atomic E-state index is 0.143. The van der Waals surface area contributed by atoms with Crippen LogP contribution in [-0.2, 0) is 6.54 Å². The molecule has 1 heterocycles. The zero-order valence-electron chi connectivity index (χ0n) is 13.6. The number of hydrogen-bond donors (Lipinski definition) is 1. The van der Waals surface area contributed by atoms with Crippen molar-refractivity contribution in [1.29, 1.82) is 0 Å². The summed E-state index contributed by atoms with van der Waals surface area (Å²) in [5.74, 6) is 0.967. The molecule has 3 heteroatoms. The van der Waals surface area contributed by atoms with Crippen molar-refractivity contribution in [2.45, 2.75) is 64.1 Å². The third-order valence-corrected chi connectivity index (χ3v) is 4.94. The fourth-order valence-electron chi connectivity index (χ4n) is 3.71. The summed E-state index contributed by atoms with van der Waals surface area (Å²) in [6.07, 6.45) is 6.79. The predicted molar refractivity (Wildman–Crippen MR) is 88.1 cm³/mol. The minimum absolute atomic E-state index is 0.143. The van der Waals surface area contributed by atoms with Gasteiger partial charge in [0, 0.05) is 36.4 Å². The largest absolute Gasteiger partial charge is 0.497 e. The molecule has 0 radical (unpaired) electrons. The number of benzene rings is 1. The third kappa shape index (κ3) is 3.18. The lowest BCUT2D eigenvalue weighted by molar-refractivity contribution is 0.353. The Labute approximate surface area is 128 Å². The molecule has 0 aromatic heterocycles. The van der Waals surface area contributed by atoms with Gasteiger partial charge in [-0.25, -0.2) is 0 Å². The highest BCUT2D eigenvalue weighted by molar-refractivity contribution is 5.59. The standard InChI is InChI=1S/C18H28N2O/c1-18(2)13-20(15-7-5-4-6-8-15)17-11-16(21-3)10-9-14(17)12-19-18/h9-11,15,19H,4-8,12-13H2,1-3H3. The molecule has 0 unspecified atom stereocenters. The van der Waals surface area contributed by atoms with Crippen LogP contribution < -0.4 is 15.0 Å². The lowest BCUT2D eigenvalue weighted by atomic mass is 9.92. The second-order valence-electron chi connectivity index (χ2n) is 7.15. The van der Waals surface area contributed by atoms with Crippen LogP contribution >= 0.6 is 0 Å². The Morgan fingerprint density at radius 1 is 1.19 bits per heavy atom. The van der Waals surface area contributed by atoms with Gasteiger partial charge in [0.05, 0.1) is 7.11 Å². The first-order valence-corrected chi connectivity index (χ1v) is 8.28. The van der Waals surface area contributed by atoms with E-state index in [1.165, 1.54) is 43.4 Å². The highest BCUT2D eigenvalue weighted by atomic mass is 16.5. The highest BCUT2D eigenvalue weighted by Gasteiger charge is 2.31. The molecule has 0 spiro atoms. The van der Waals surface area contributed by atoms with E-state index in [0.29, 0.717) is 6.04 Å². The summed E-state index contributed by atoms with van der Waals surface area (Å²) in [6, 6.07) is 7.22. The zero-order valence-corrected chi connectivity index (χ0v) is 13.6. The molecule has 2 aliphatic rings. The fourth-order valence-corrected chi connectivity index (χ4v) is 3.71. The van der Waals surface area contributed by atoms with Crippen LogP contribution in [-0.4, -0.2) is 25.2 Å². The van der Waals surface area contributed by atoms with E-state index >= 15 is 0 Å². The van der Waals surface area contributed by atoms with Crippen molar-refractivity contribution in [2.75, 3.05) is 18.6 Å². The maximum atomic E-state index is 5.46. The molecule has 1 aliphatic carbocycles. The molecule has 1 aromatic carbocycles. The number of methoxy groups -OCH3 is 1. The van der Waals surface area contributed by atoms with Gasteiger partial charge in [-0.05, 0) is 38.3 Å². The van der Waals surface area contributed by atoms with Crippen LogP contribution in [0.1, 0.15) is 51.5 Å². The smallest absolute Gasteiger partial charge is 0.120 e. The lowest BCUT2D eigenvalue weighted by Crippen LogP contribution is -2.50. The molecule has 0 amide bonds. The van der Waals surface area contributed by atoms with Gasteiger partial charge >= 0.3 is 0 Å². The average molecular weight is 288 g/mol. The molecule has 1 aliphatic heterocycles. The Kier molecular flexibility index (Phi) is 4.12. The highest BCUT2D eigenvalue weighted by Crippen LogP contribution is 2.35. The molecule has 1 aromatic rings. The van der Waals surface area contributed by atoms with Gasteiger partial charge in [-0.15, -0.1) is 0 Å². The maximum Gasteiger partial charge on any atom is 0.120 e. The first-order valence-electron chi connectivity index (χ1n) is 8.28.